The van der Waals surface area contributed by atoms with Crippen molar-refractivity contribution in [1.82, 2.24) is 0 Å². The zero-order chi connectivity index (χ0) is 35.8. The predicted molar refractivity (Wildman–Crippen MR) is 218 cm³/mol. The van der Waals surface area contributed by atoms with Gasteiger partial charge in [-0.2, -0.15) is 0 Å². The van der Waals surface area contributed by atoms with Crippen molar-refractivity contribution in [1.29, 1.82) is 0 Å². The summed E-state index contributed by atoms with van der Waals surface area (Å²) in [5, 5.41) is 9.86. The fraction of sp³-hybridized carbons (Fsp3) is 0.160. The van der Waals surface area contributed by atoms with Gasteiger partial charge in [-0.15, -0.1) is 0 Å². The van der Waals surface area contributed by atoms with E-state index in [0.717, 1.165) is 22.6 Å². The van der Waals surface area contributed by atoms with Crippen LogP contribution in [0.2, 0.25) is 0 Å². The van der Waals surface area contributed by atoms with Gasteiger partial charge in [0.15, 0.2) is 0 Å². The Balaban J connectivity index is 1.26. The van der Waals surface area contributed by atoms with Crippen molar-refractivity contribution in [3.63, 3.8) is 0 Å². The number of benzene rings is 7. The molecule has 1 N–H and O–H groups in total. The standard InChI is InChI=1S/C50H43NO/c1-32-14-20-38(21-15-32)51(39-22-16-33(31-52)17-23-39)40-27-36(34-18-24-43-41-10-6-8-12-45(41)49(2,3)47(43)29-34)26-37(28-40)35-19-25-44-42-11-7-9-13-46(42)50(4,5)48(44)30-35/h6-30,52H,31H2,1-5H3. The number of aryl methyl sites for hydroxylation is 1. The van der Waals surface area contributed by atoms with E-state index in [1.807, 2.05) is 12.1 Å². The lowest BCUT2D eigenvalue weighted by Crippen LogP contribution is -2.15. The highest BCUT2D eigenvalue weighted by atomic mass is 16.3. The molecular formula is C50H43NO. The molecule has 0 atom stereocenters. The molecule has 2 heteroatoms. The maximum Gasteiger partial charge on any atom is 0.0681 e. The molecule has 0 aliphatic heterocycles. The average molecular weight is 674 g/mol. The Hall–Kier alpha value is -5.70. The number of hydrogen-bond donors (Lipinski definition) is 1. The van der Waals surface area contributed by atoms with Crippen molar-refractivity contribution in [3.8, 4) is 44.5 Å². The van der Waals surface area contributed by atoms with Crippen molar-refractivity contribution < 1.29 is 5.11 Å². The second-order valence-corrected chi connectivity index (χ2v) is 15.6. The fourth-order valence-corrected chi connectivity index (χ4v) is 8.73. The highest BCUT2D eigenvalue weighted by molar-refractivity contribution is 5.89. The summed E-state index contributed by atoms with van der Waals surface area (Å²) in [6, 6.07) is 55.9. The first-order valence-electron chi connectivity index (χ1n) is 18.3. The number of aliphatic hydroxyl groups is 1. The minimum Gasteiger partial charge on any atom is -0.392 e. The molecule has 0 saturated carbocycles. The monoisotopic (exact) mass is 673 g/mol. The number of hydrogen-bond acceptors (Lipinski definition) is 2. The fourth-order valence-electron chi connectivity index (χ4n) is 8.73. The SMILES string of the molecule is Cc1ccc(N(c2ccc(CO)cc2)c2cc(-c3ccc4c(c3)C(C)(C)c3ccccc3-4)cc(-c3ccc4c(c3)C(C)(C)c3ccccc3-4)c2)cc1. The van der Waals surface area contributed by atoms with Gasteiger partial charge in [-0.3, -0.25) is 0 Å². The van der Waals surface area contributed by atoms with Crippen molar-refractivity contribution in [2.75, 3.05) is 4.90 Å². The van der Waals surface area contributed by atoms with Crippen LogP contribution in [-0.4, -0.2) is 5.11 Å². The zero-order valence-corrected chi connectivity index (χ0v) is 30.5. The van der Waals surface area contributed by atoms with Crippen LogP contribution in [0.3, 0.4) is 0 Å². The van der Waals surface area contributed by atoms with Gasteiger partial charge in [0.2, 0.25) is 0 Å². The smallest absolute Gasteiger partial charge is 0.0681 e. The lowest BCUT2D eigenvalue weighted by Gasteiger charge is -2.27. The van der Waals surface area contributed by atoms with Gasteiger partial charge < -0.3 is 10.0 Å². The molecule has 0 radical (unpaired) electrons. The summed E-state index contributed by atoms with van der Waals surface area (Å²) in [4.78, 5) is 2.34. The van der Waals surface area contributed by atoms with Gasteiger partial charge >= 0.3 is 0 Å². The van der Waals surface area contributed by atoms with Crippen LogP contribution in [0.5, 0.6) is 0 Å². The van der Waals surface area contributed by atoms with E-state index in [2.05, 4.69) is 179 Å². The Bertz CT molecular complexity index is 2380. The average Bonchev–Trinajstić information content (AvgIpc) is 3.55. The molecule has 9 rings (SSSR count). The summed E-state index contributed by atoms with van der Waals surface area (Å²) >= 11 is 0. The van der Waals surface area contributed by atoms with Gasteiger partial charge in [-0.25, -0.2) is 0 Å². The molecule has 52 heavy (non-hydrogen) atoms. The topological polar surface area (TPSA) is 23.5 Å². The lowest BCUT2D eigenvalue weighted by atomic mass is 9.81. The van der Waals surface area contributed by atoms with Crippen LogP contribution >= 0.6 is 0 Å². The number of rotatable bonds is 6. The maximum absolute atomic E-state index is 9.86. The third kappa shape index (κ3) is 5.05. The molecule has 0 amide bonds. The minimum absolute atomic E-state index is 0.0154. The summed E-state index contributed by atoms with van der Waals surface area (Å²) in [7, 11) is 0. The van der Waals surface area contributed by atoms with E-state index >= 15 is 0 Å². The summed E-state index contributed by atoms with van der Waals surface area (Å²) in [5.74, 6) is 0. The molecule has 0 heterocycles. The molecule has 0 aromatic heterocycles. The Morgan fingerprint density at radius 2 is 0.865 bits per heavy atom. The van der Waals surface area contributed by atoms with Crippen molar-refractivity contribution in [2.45, 2.75) is 52.1 Å². The van der Waals surface area contributed by atoms with Crippen LogP contribution in [0.1, 0.15) is 61.1 Å². The van der Waals surface area contributed by atoms with Crippen LogP contribution in [0, 0.1) is 6.92 Å². The first-order valence-corrected chi connectivity index (χ1v) is 18.3. The maximum atomic E-state index is 9.86. The van der Waals surface area contributed by atoms with E-state index in [1.54, 1.807) is 0 Å². The van der Waals surface area contributed by atoms with Crippen LogP contribution in [0.15, 0.2) is 152 Å². The van der Waals surface area contributed by atoms with E-state index in [9.17, 15) is 5.11 Å². The van der Waals surface area contributed by atoms with Crippen LogP contribution < -0.4 is 4.90 Å². The summed E-state index contributed by atoms with van der Waals surface area (Å²) in [5.41, 5.74) is 20.7. The summed E-state index contributed by atoms with van der Waals surface area (Å²) < 4.78 is 0. The molecule has 2 nitrogen and oxygen atoms in total. The molecule has 0 fully saturated rings. The van der Waals surface area contributed by atoms with Gasteiger partial charge in [-0.05, 0) is 134 Å². The predicted octanol–water partition coefficient (Wildman–Crippen LogP) is 12.9. The molecule has 0 unspecified atom stereocenters. The molecule has 7 aromatic rings. The van der Waals surface area contributed by atoms with Gasteiger partial charge in [0.25, 0.3) is 0 Å². The molecule has 0 spiro atoms. The Morgan fingerprint density at radius 1 is 0.423 bits per heavy atom. The van der Waals surface area contributed by atoms with E-state index in [-0.39, 0.29) is 17.4 Å². The molecular weight excluding hydrogens is 631 g/mol. The second kappa shape index (κ2) is 11.9. The zero-order valence-electron chi connectivity index (χ0n) is 30.5. The third-order valence-corrected chi connectivity index (χ3v) is 11.7. The van der Waals surface area contributed by atoms with E-state index in [0.29, 0.717) is 0 Å². The van der Waals surface area contributed by atoms with Gasteiger partial charge in [0.1, 0.15) is 0 Å². The van der Waals surface area contributed by atoms with Crippen molar-refractivity contribution in [2.24, 2.45) is 0 Å². The van der Waals surface area contributed by atoms with Crippen LogP contribution in [0.25, 0.3) is 44.5 Å². The molecule has 0 bridgehead atoms. The highest BCUT2D eigenvalue weighted by Gasteiger charge is 2.36. The largest absolute Gasteiger partial charge is 0.392 e. The highest BCUT2D eigenvalue weighted by Crippen LogP contribution is 2.52. The van der Waals surface area contributed by atoms with Crippen LogP contribution in [0.4, 0.5) is 17.1 Å². The lowest BCUT2D eigenvalue weighted by molar-refractivity contribution is 0.282. The summed E-state index contributed by atoms with van der Waals surface area (Å²) in [6.45, 7) is 11.5. The number of fused-ring (bicyclic) bond motifs is 6. The van der Waals surface area contributed by atoms with E-state index in [4.69, 9.17) is 0 Å². The Kier molecular flexibility index (Phi) is 7.40. The van der Waals surface area contributed by atoms with Crippen molar-refractivity contribution in [3.05, 3.63) is 185 Å². The molecule has 2 aliphatic rings. The molecule has 7 aromatic carbocycles. The minimum atomic E-state index is -0.0919. The Labute approximate surface area is 307 Å². The normalized spacial score (nSPS) is 14.3. The van der Waals surface area contributed by atoms with E-state index < -0.39 is 0 Å². The first kappa shape index (κ1) is 32.2. The molecule has 254 valence electrons. The first-order chi connectivity index (χ1) is 25.1. The van der Waals surface area contributed by atoms with Crippen molar-refractivity contribution >= 4 is 17.1 Å². The van der Waals surface area contributed by atoms with E-state index in [1.165, 1.54) is 72.3 Å². The second-order valence-electron chi connectivity index (χ2n) is 15.6. The molecule has 2 aliphatic carbocycles. The third-order valence-electron chi connectivity index (χ3n) is 11.7. The molecule has 0 saturated heterocycles. The quantitative estimate of drug-likeness (QED) is 0.190. The van der Waals surface area contributed by atoms with Gasteiger partial charge in [0, 0.05) is 27.9 Å². The number of aliphatic hydroxyl groups excluding tert-OH is 1. The summed E-state index contributed by atoms with van der Waals surface area (Å²) in [6.07, 6.45) is 0. The van der Waals surface area contributed by atoms with Gasteiger partial charge in [-0.1, -0.05) is 130 Å². The Morgan fingerprint density at radius 3 is 1.35 bits per heavy atom. The number of nitrogens with zero attached hydrogens (tertiary/aromatic N) is 1. The van der Waals surface area contributed by atoms with Gasteiger partial charge in [0.05, 0.1) is 6.61 Å². The van der Waals surface area contributed by atoms with Crippen LogP contribution in [-0.2, 0) is 17.4 Å². The number of anilines is 3.